The molecule has 494 valence electrons. The normalized spacial score (nSPS) is 50.9. The molecule has 14 bridgehead atoms. The van der Waals surface area contributed by atoms with Crippen molar-refractivity contribution in [1.29, 1.82) is 0 Å². The molecule has 21 N–H and O–H groups in total. The molecule has 35 atom stereocenters. The topological polar surface area (TPSA) is 571 Å². The molecular formula is C49H78N2O35. The van der Waals surface area contributed by atoms with Crippen molar-refractivity contribution in [2.45, 2.75) is 215 Å². The summed E-state index contributed by atoms with van der Waals surface area (Å²) in [7, 11) is 0. The first-order valence-electron chi connectivity index (χ1n) is 27.8. The molecular weight excluding hydrogens is 1180 g/mol. The van der Waals surface area contributed by atoms with Crippen molar-refractivity contribution >= 4 is 6.21 Å². The quantitative estimate of drug-likeness (QED) is 0.0682. The van der Waals surface area contributed by atoms with Crippen LogP contribution in [0.1, 0.15) is 5.76 Å². The van der Waals surface area contributed by atoms with Crippen LogP contribution in [0.5, 0.6) is 0 Å². The number of hydrogen-bond acceptors (Lipinski definition) is 37. The lowest BCUT2D eigenvalue weighted by atomic mass is 9.95. The van der Waals surface area contributed by atoms with Crippen LogP contribution in [0.3, 0.4) is 0 Å². The third kappa shape index (κ3) is 14.1. The molecule has 21 aliphatic rings. The first-order chi connectivity index (χ1) is 41.2. The Kier molecular flexibility index (Phi) is 23.6. The summed E-state index contributed by atoms with van der Waals surface area (Å²) in [6.45, 7) is -6.31. The van der Waals surface area contributed by atoms with Crippen molar-refractivity contribution < 1.29 is 173 Å². The highest BCUT2D eigenvalue weighted by atomic mass is 16.8. The Bertz CT molecular complexity index is 2220. The van der Waals surface area contributed by atoms with E-state index in [2.05, 4.69) is 10.3 Å². The van der Waals surface area contributed by atoms with Crippen molar-refractivity contribution in [1.82, 2.24) is 5.32 Å². The number of aliphatic hydroxyl groups is 20. The first-order valence-corrected chi connectivity index (χ1v) is 27.8. The fraction of sp³-hybridized carbons (Fsp3) is 0.898. The van der Waals surface area contributed by atoms with Gasteiger partial charge >= 0.3 is 0 Å². The molecule has 0 aliphatic carbocycles. The van der Waals surface area contributed by atoms with Gasteiger partial charge in [0.15, 0.2) is 44.0 Å². The summed E-state index contributed by atoms with van der Waals surface area (Å²) in [6.07, 6.45) is -66.7. The molecule has 21 aliphatic heterocycles. The van der Waals surface area contributed by atoms with Gasteiger partial charge in [-0.3, -0.25) is 4.99 Å². The lowest BCUT2D eigenvalue weighted by molar-refractivity contribution is -0.396. The maximum absolute atomic E-state index is 11.8. The monoisotopic (exact) mass is 1250 g/mol. The average molecular weight is 1260 g/mol. The molecule has 1 aromatic rings. The van der Waals surface area contributed by atoms with Gasteiger partial charge in [0, 0.05) is 13.1 Å². The van der Waals surface area contributed by atoms with Gasteiger partial charge in [0.2, 0.25) is 0 Å². The van der Waals surface area contributed by atoms with Crippen molar-refractivity contribution in [2.24, 2.45) is 4.99 Å². The van der Waals surface area contributed by atoms with Crippen LogP contribution in [0.2, 0.25) is 0 Å². The van der Waals surface area contributed by atoms with E-state index < -0.39 is 255 Å². The Morgan fingerprint density at radius 2 is 0.558 bits per heavy atom. The van der Waals surface area contributed by atoms with Crippen LogP contribution in [0.15, 0.2) is 27.8 Å². The summed E-state index contributed by atoms with van der Waals surface area (Å²) in [5.41, 5.74) is 0. The molecule has 21 fully saturated rings. The lowest BCUT2D eigenvalue weighted by Crippen LogP contribution is -2.68. The summed E-state index contributed by atoms with van der Waals surface area (Å²) in [4.78, 5) is 4.25. The van der Waals surface area contributed by atoms with Crippen LogP contribution in [-0.2, 0) is 66.3 Å². The molecule has 0 aromatic carbocycles. The number of nitrogens with zero attached hydrogens (tertiary/aromatic N) is 1. The molecule has 37 heteroatoms. The summed E-state index contributed by atoms with van der Waals surface area (Å²) in [5, 5.41) is 226. The smallest absolute Gasteiger partial charge is 0.187 e. The van der Waals surface area contributed by atoms with Crippen LogP contribution in [0.4, 0.5) is 0 Å². The molecule has 0 unspecified atom stereocenters. The van der Waals surface area contributed by atoms with Gasteiger partial charge in [0.25, 0.3) is 0 Å². The minimum absolute atomic E-state index is 0.110. The average Bonchev–Trinajstić information content (AvgIpc) is 1.90. The van der Waals surface area contributed by atoms with Crippen molar-refractivity contribution in [2.75, 3.05) is 59.3 Å². The van der Waals surface area contributed by atoms with E-state index in [4.69, 9.17) is 70.7 Å². The van der Waals surface area contributed by atoms with Gasteiger partial charge in [0.1, 0.15) is 177 Å². The summed E-state index contributed by atoms with van der Waals surface area (Å²) in [5.74, 6) is 0.445. The van der Waals surface area contributed by atoms with E-state index in [1.807, 2.05) is 0 Å². The summed E-state index contributed by atoms with van der Waals surface area (Å²) in [6, 6.07) is 3.30. The van der Waals surface area contributed by atoms with E-state index in [9.17, 15) is 102 Å². The number of nitrogens with one attached hydrogen (secondary N) is 1. The van der Waals surface area contributed by atoms with Gasteiger partial charge < -0.3 is 178 Å². The number of furan rings is 1. The van der Waals surface area contributed by atoms with E-state index >= 15 is 0 Å². The van der Waals surface area contributed by atoms with Gasteiger partial charge in [-0.05, 0) is 12.1 Å². The number of aliphatic imine (C=N–C) groups is 1. The van der Waals surface area contributed by atoms with Crippen LogP contribution in [0.25, 0.3) is 0 Å². The van der Waals surface area contributed by atoms with Crippen molar-refractivity contribution in [3.05, 3.63) is 24.2 Å². The van der Waals surface area contributed by atoms with Crippen LogP contribution < -0.4 is 5.32 Å². The van der Waals surface area contributed by atoms with Gasteiger partial charge in [-0.25, -0.2) is 0 Å². The Morgan fingerprint density at radius 1 is 0.326 bits per heavy atom. The third-order valence-corrected chi connectivity index (χ3v) is 16.1. The zero-order chi connectivity index (χ0) is 62.0. The second-order valence-corrected chi connectivity index (χ2v) is 21.7. The minimum Gasteiger partial charge on any atom is -0.463 e. The highest BCUT2D eigenvalue weighted by Crippen LogP contribution is 2.39. The molecule has 22 heterocycles. The number of aliphatic hydroxyl groups excluding tert-OH is 20. The molecule has 86 heavy (non-hydrogen) atoms. The van der Waals surface area contributed by atoms with Gasteiger partial charge in [-0.15, -0.1) is 0 Å². The maximum atomic E-state index is 11.8. The zero-order valence-corrected chi connectivity index (χ0v) is 45.4. The summed E-state index contributed by atoms with van der Waals surface area (Å²) >= 11 is 0. The van der Waals surface area contributed by atoms with Gasteiger partial charge in [0.05, 0.1) is 58.7 Å². The number of rotatable bonds is 12. The molecule has 0 spiro atoms. The van der Waals surface area contributed by atoms with Crippen molar-refractivity contribution in [3.8, 4) is 0 Å². The fourth-order valence-corrected chi connectivity index (χ4v) is 11.3. The number of ether oxygens (including phenoxy) is 14. The largest absolute Gasteiger partial charge is 0.463 e. The second kappa shape index (κ2) is 29.9. The van der Waals surface area contributed by atoms with E-state index in [1.54, 1.807) is 12.1 Å². The summed E-state index contributed by atoms with van der Waals surface area (Å²) < 4.78 is 86.5. The van der Waals surface area contributed by atoms with E-state index in [-0.39, 0.29) is 19.6 Å². The molecule has 0 radical (unpaired) electrons. The SMILES string of the molecule is OC[C@H]1O[C@@H]2O[C@H]3[C@H](O)[C@@H](O)[C@@H](O[C@H]4[C@H](O)[C@@H](O)[C@@H](O[C@H]5[C@H](O)[C@@H](O)[C@@H](O[C@H]6[C@H](O)[C@@H](O)[C@@H](O[C@H]7[C@H](O)[C@@H](O)[C@@H](O[C@H]8[C@H](O)[C@@H](O)[C@@H](O[C@H]1[C@H](O)[C@H]2O)O[C@@H]8CO)O[C@@H]7CO)O[C@@H]6CO)O[C@@H]5CNCCN=Cc1ccco1)O[C@@H]4CO)O[C@@H]3CO. The second-order valence-electron chi connectivity index (χ2n) is 21.7. The first kappa shape index (κ1) is 67.9. The Hall–Kier alpha value is -2.45. The van der Waals surface area contributed by atoms with Gasteiger partial charge in [-0.2, -0.15) is 0 Å². The minimum atomic E-state index is -2.21. The Labute approximate surface area is 487 Å². The van der Waals surface area contributed by atoms with Crippen LogP contribution >= 0.6 is 0 Å². The van der Waals surface area contributed by atoms with E-state index in [0.717, 1.165) is 0 Å². The Balaban J connectivity index is 0.999. The molecule has 37 nitrogen and oxygen atoms in total. The van der Waals surface area contributed by atoms with E-state index in [0.29, 0.717) is 5.76 Å². The Morgan fingerprint density at radius 3 is 0.779 bits per heavy atom. The molecule has 1 aromatic heterocycles. The van der Waals surface area contributed by atoms with Gasteiger partial charge in [-0.1, -0.05) is 0 Å². The molecule has 21 saturated heterocycles. The van der Waals surface area contributed by atoms with Crippen LogP contribution in [0, 0.1) is 0 Å². The highest BCUT2D eigenvalue weighted by Gasteiger charge is 2.59. The zero-order valence-electron chi connectivity index (χ0n) is 45.4. The lowest BCUT2D eigenvalue weighted by Gasteiger charge is -2.50. The van der Waals surface area contributed by atoms with Crippen LogP contribution in [-0.4, -0.2) is 383 Å². The predicted octanol–water partition coefficient (Wildman–Crippen LogP) is -13.9. The van der Waals surface area contributed by atoms with E-state index in [1.165, 1.54) is 12.5 Å². The third-order valence-electron chi connectivity index (χ3n) is 16.1. The van der Waals surface area contributed by atoms with Crippen molar-refractivity contribution in [3.63, 3.8) is 0 Å². The maximum Gasteiger partial charge on any atom is 0.187 e. The molecule has 0 amide bonds. The molecule has 0 saturated carbocycles. The standard InChI is InChI=1S/C49H78N2O35/c52-8-16-37-24(60)31(67)45(75-16)83-39-18(10-54)77-47(33(69)26(39)62)85-41-20(12-56)79-49(35(71)28(41)64)86-42-21(13-57)78-48(34(70)27(42)63)84-40-19(11-55)76-46(32(68)25(40)61)82-38-17(9-53)74-44(30(66)23(38)59)80-36-15(73-43(81-37)29(65)22(36)58)7-51-4-3-50-6-14-2-1-5-72-14/h1-2,5-6,15-49,51-71H,3-4,7-13H2/t15-,16-,17-,18-,19-,20-,21-,22-,23-,24-,25-,26-,27-,28-,29-,30-,31-,32-,33-,34-,35-,36-,37-,38-,39-,40-,41-,42-,43-,44-,45-,46-,47-,48-,49-/m1/s1. The molecule has 22 rings (SSSR count). The predicted molar refractivity (Wildman–Crippen MR) is 265 cm³/mol. The fourth-order valence-electron chi connectivity index (χ4n) is 11.3. The highest BCUT2D eigenvalue weighted by molar-refractivity contribution is 5.75. The number of hydrogen-bond donors (Lipinski definition) is 21.